The second-order valence-electron chi connectivity index (χ2n) is 10.1. The lowest BCUT2D eigenvalue weighted by atomic mass is 9.42. The molecule has 4 N–H and O–H groups in total. The maximum Gasteiger partial charge on any atom is 0.0543 e. The third kappa shape index (κ3) is 2.66. The van der Waals surface area contributed by atoms with Gasteiger partial charge in [0.15, 0.2) is 0 Å². The quantitative estimate of drug-likeness (QED) is 0.540. The van der Waals surface area contributed by atoms with E-state index in [1.165, 1.54) is 25.7 Å². The summed E-state index contributed by atoms with van der Waals surface area (Å²) in [6.07, 6.45) is 7.31. The Morgan fingerprint density at radius 3 is 2.54 bits per heavy atom. The average molecular weight is 337 g/mol. The van der Waals surface area contributed by atoms with Gasteiger partial charge in [-0.1, -0.05) is 34.6 Å². The highest BCUT2D eigenvalue weighted by Gasteiger charge is 2.58. The first kappa shape index (κ1) is 18.7. The molecule has 0 heterocycles. The van der Waals surface area contributed by atoms with Gasteiger partial charge in [-0.2, -0.15) is 0 Å². The molecule has 0 aromatic heterocycles. The highest BCUT2D eigenvalue weighted by atomic mass is 16.3. The van der Waals surface area contributed by atoms with E-state index < -0.39 is 0 Å². The van der Waals surface area contributed by atoms with Gasteiger partial charge in [0, 0.05) is 6.54 Å². The van der Waals surface area contributed by atoms with Gasteiger partial charge in [0.1, 0.15) is 0 Å². The zero-order chi connectivity index (χ0) is 17.7. The van der Waals surface area contributed by atoms with E-state index in [1.54, 1.807) is 0 Å². The summed E-state index contributed by atoms with van der Waals surface area (Å²) < 4.78 is 0. The second kappa shape index (κ2) is 6.55. The van der Waals surface area contributed by atoms with Crippen LogP contribution in [0.15, 0.2) is 0 Å². The molecule has 0 radical (unpaired) electrons. The molecule has 24 heavy (non-hydrogen) atoms. The Hall–Kier alpha value is -0.120. The highest BCUT2D eigenvalue weighted by molar-refractivity contribution is 5.07. The summed E-state index contributed by atoms with van der Waals surface area (Å²) in [7, 11) is 0. The van der Waals surface area contributed by atoms with E-state index in [2.05, 4.69) is 40.0 Å². The van der Waals surface area contributed by atoms with Gasteiger partial charge >= 0.3 is 0 Å². The summed E-state index contributed by atoms with van der Waals surface area (Å²) in [6, 6.07) is 0. The van der Waals surface area contributed by atoms with Crippen LogP contribution in [0, 0.1) is 46.3 Å². The van der Waals surface area contributed by atoms with Gasteiger partial charge in [-0.15, -0.1) is 0 Å². The molecule has 0 aromatic carbocycles. The third-order valence-electron chi connectivity index (χ3n) is 9.50. The molecule has 3 aliphatic carbocycles. The van der Waals surface area contributed by atoms with Gasteiger partial charge in [0.05, 0.1) is 6.10 Å². The first-order valence-corrected chi connectivity index (χ1v) is 10.4. The van der Waals surface area contributed by atoms with Crippen LogP contribution in [0.25, 0.3) is 0 Å². The van der Waals surface area contributed by atoms with Crippen molar-refractivity contribution in [2.75, 3.05) is 6.54 Å². The fourth-order valence-corrected chi connectivity index (χ4v) is 7.34. The van der Waals surface area contributed by atoms with Crippen LogP contribution in [0.5, 0.6) is 0 Å². The lowest BCUT2D eigenvalue weighted by Gasteiger charge is -2.63. The predicted molar refractivity (Wildman–Crippen MR) is 100 cm³/mol. The number of nitrogens with two attached hydrogens (primary N) is 1. The van der Waals surface area contributed by atoms with Gasteiger partial charge in [-0.05, 0) is 84.9 Å². The van der Waals surface area contributed by atoms with Crippen LogP contribution in [0.4, 0.5) is 0 Å². The minimum Gasteiger partial charge on any atom is -0.393 e. The fourth-order valence-electron chi connectivity index (χ4n) is 7.34. The summed E-state index contributed by atoms with van der Waals surface area (Å²) in [4.78, 5) is 0. The van der Waals surface area contributed by atoms with Gasteiger partial charge in [-0.25, -0.2) is 0 Å². The molecule has 0 aliphatic heterocycles. The molecule has 3 saturated carbocycles. The normalized spacial score (nSPS) is 53.1. The topological polar surface area (TPSA) is 58.3 Å². The Bertz CT molecular complexity index is 455. The number of hydrazine groups is 1. The molecule has 0 amide bonds. The van der Waals surface area contributed by atoms with E-state index in [9.17, 15) is 5.11 Å². The van der Waals surface area contributed by atoms with Crippen LogP contribution in [0.1, 0.15) is 73.1 Å². The van der Waals surface area contributed by atoms with Crippen LogP contribution in [-0.4, -0.2) is 17.8 Å². The maximum absolute atomic E-state index is 10.2. The van der Waals surface area contributed by atoms with Crippen molar-refractivity contribution >= 4 is 0 Å². The van der Waals surface area contributed by atoms with E-state index in [0.29, 0.717) is 16.7 Å². The Labute approximate surface area is 149 Å². The number of nitrogens with one attached hydrogen (secondary N) is 1. The zero-order valence-corrected chi connectivity index (χ0v) is 16.5. The molecular weight excluding hydrogens is 296 g/mol. The number of fused-ring (bicyclic) bond motifs is 3. The molecule has 140 valence electrons. The van der Waals surface area contributed by atoms with Crippen LogP contribution < -0.4 is 11.3 Å². The van der Waals surface area contributed by atoms with Crippen molar-refractivity contribution in [3.63, 3.8) is 0 Å². The third-order valence-corrected chi connectivity index (χ3v) is 9.50. The molecular formula is C21H40N2O. The van der Waals surface area contributed by atoms with Crippen molar-refractivity contribution in [2.24, 2.45) is 52.2 Å². The summed E-state index contributed by atoms with van der Waals surface area (Å²) in [5, 5.41) is 10.2. The van der Waals surface area contributed by atoms with Gasteiger partial charge < -0.3 is 5.11 Å². The molecule has 3 aliphatic rings. The largest absolute Gasteiger partial charge is 0.393 e. The van der Waals surface area contributed by atoms with Crippen molar-refractivity contribution in [1.82, 2.24) is 5.43 Å². The zero-order valence-electron chi connectivity index (χ0n) is 16.5. The van der Waals surface area contributed by atoms with Crippen LogP contribution >= 0.6 is 0 Å². The SMILES string of the molecule is CC1C2CCC3C[C@H](O)CC[C@]3(C)C2C[C@H](C)[C@]1(C)[C@H](C)CNN. The van der Waals surface area contributed by atoms with Gasteiger partial charge in [-0.3, -0.25) is 11.3 Å². The molecule has 0 aromatic rings. The highest BCUT2D eigenvalue weighted by Crippen LogP contribution is 2.65. The predicted octanol–water partition coefficient (Wildman–Crippen LogP) is 3.96. The minimum absolute atomic E-state index is 0.0426. The van der Waals surface area contributed by atoms with Crippen molar-refractivity contribution in [1.29, 1.82) is 0 Å². The van der Waals surface area contributed by atoms with Crippen molar-refractivity contribution in [3.8, 4) is 0 Å². The number of hydrogen-bond acceptors (Lipinski definition) is 3. The van der Waals surface area contributed by atoms with Crippen LogP contribution in [0.2, 0.25) is 0 Å². The van der Waals surface area contributed by atoms with Crippen LogP contribution in [0.3, 0.4) is 0 Å². The Kier molecular flexibility index (Phi) is 5.10. The molecule has 9 atom stereocenters. The summed E-state index contributed by atoms with van der Waals surface area (Å²) in [5.41, 5.74) is 3.76. The van der Waals surface area contributed by atoms with Crippen molar-refractivity contribution in [2.45, 2.75) is 79.2 Å². The Balaban J connectivity index is 1.87. The van der Waals surface area contributed by atoms with E-state index in [4.69, 9.17) is 5.84 Å². The van der Waals surface area contributed by atoms with Gasteiger partial charge in [0.25, 0.3) is 0 Å². The van der Waals surface area contributed by atoms with Crippen LogP contribution in [-0.2, 0) is 0 Å². The fraction of sp³-hybridized carbons (Fsp3) is 1.00. The lowest BCUT2D eigenvalue weighted by Crippen LogP contribution is -2.58. The monoisotopic (exact) mass is 336 g/mol. The number of rotatable bonds is 3. The maximum atomic E-state index is 10.2. The number of aliphatic hydroxyl groups excluding tert-OH is 1. The first-order valence-electron chi connectivity index (χ1n) is 10.4. The van der Waals surface area contributed by atoms with E-state index in [1.807, 2.05) is 0 Å². The molecule has 0 spiro atoms. The summed E-state index contributed by atoms with van der Waals surface area (Å²) in [5.74, 6) is 10.2. The summed E-state index contributed by atoms with van der Waals surface area (Å²) in [6.45, 7) is 13.4. The molecule has 0 saturated heterocycles. The second-order valence-corrected chi connectivity index (χ2v) is 10.1. The molecule has 3 rings (SSSR count). The molecule has 4 unspecified atom stereocenters. The van der Waals surface area contributed by atoms with Gasteiger partial charge in [0.2, 0.25) is 0 Å². The minimum atomic E-state index is -0.0426. The molecule has 0 bridgehead atoms. The standard InChI is InChI=1S/C21H40N2O/c1-13-10-19-18(15(3)21(13,5)14(2)12-23-22)7-6-16-11-17(24)8-9-20(16,19)4/h13-19,23-24H,6-12,22H2,1-5H3/t13-,14+,15?,16?,17+,18?,19?,20-,21+/m0/s1. The number of aliphatic hydroxyl groups is 1. The van der Waals surface area contributed by atoms with E-state index >= 15 is 0 Å². The van der Waals surface area contributed by atoms with Crippen molar-refractivity contribution in [3.05, 3.63) is 0 Å². The average Bonchev–Trinajstić information content (AvgIpc) is 2.54. The molecule has 3 nitrogen and oxygen atoms in total. The van der Waals surface area contributed by atoms with Crippen molar-refractivity contribution < 1.29 is 5.11 Å². The Morgan fingerprint density at radius 1 is 1.17 bits per heavy atom. The smallest absolute Gasteiger partial charge is 0.0543 e. The van der Waals surface area contributed by atoms with E-state index in [-0.39, 0.29) is 6.10 Å². The van der Waals surface area contributed by atoms with E-state index in [0.717, 1.165) is 49.0 Å². The molecule has 3 fully saturated rings. The Morgan fingerprint density at radius 2 is 1.88 bits per heavy atom. The molecule has 3 heteroatoms. The first-order chi connectivity index (χ1) is 11.2. The lowest BCUT2D eigenvalue weighted by molar-refractivity contribution is -0.154. The number of hydrogen-bond donors (Lipinski definition) is 3. The summed E-state index contributed by atoms with van der Waals surface area (Å²) >= 11 is 0.